The van der Waals surface area contributed by atoms with Gasteiger partial charge in [-0.2, -0.15) is 10.2 Å². The number of pyridine rings is 2. The molecule has 256 valence electrons. The number of amides is 1. The van der Waals surface area contributed by atoms with Gasteiger partial charge in [0.05, 0.1) is 46.7 Å². The van der Waals surface area contributed by atoms with E-state index in [0.29, 0.717) is 58.0 Å². The molecule has 49 heavy (non-hydrogen) atoms. The fraction of sp³-hybridized carbons (Fsp3) is 0.188. The first-order chi connectivity index (χ1) is 23.4. The molecule has 0 saturated heterocycles. The number of fused-ring (bicyclic) bond motifs is 2. The molecule has 0 bridgehead atoms. The molecule has 0 saturated carbocycles. The van der Waals surface area contributed by atoms with Crippen LogP contribution in [-0.4, -0.2) is 60.7 Å². The Morgan fingerprint density at radius 3 is 1.82 bits per heavy atom. The lowest BCUT2D eigenvalue weighted by molar-refractivity contribution is 0.0691. The van der Waals surface area contributed by atoms with Gasteiger partial charge in [-0.15, -0.1) is 0 Å². The first-order valence-corrected chi connectivity index (χ1v) is 15.9. The minimum Gasteiger partial charge on any atom is -0.476 e. The molecular weight excluding hydrogens is 764 g/mol. The van der Waals surface area contributed by atoms with Gasteiger partial charge >= 0.3 is 5.97 Å². The Hall–Kier alpha value is -5.10. The number of rotatable bonds is 7. The van der Waals surface area contributed by atoms with Gasteiger partial charge in [0.25, 0.3) is 5.91 Å². The maximum Gasteiger partial charge on any atom is 0.357 e. The normalized spacial score (nSPS) is 10.7. The van der Waals surface area contributed by atoms with Crippen LogP contribution < -0.4 is 22.5 Å². The molecule has 17 heteroatoms. The number of benzene rings is 2. The van der Waals surface area contributed by atoms with E-state index in [1.54, 1.807) is 63.6 Å². The van der Waals surface area contributed by atoms with Gasteiger partial charge in [0.1, 0.15) is 0 Å². The van der Waals surface area contributed by atoms with E-state index in [1.165, 1.54) is 4.68 Å². The second-order valence-electron chi connectivity index (χ2n) is 10.4. The van der Waals surface area contributed by atoms with Gasteiger partial charge in [0.15, 0.2) is 22.7 Å². The van der Waals surface area contributed by atoms with Crippen LogP contribution in [0.1, 0.15) is 32.1 Å². The van der Waals surface area contributed by atoms with Crippen molar-refractivity contribution in [1.29, 1.82) is 0 Å². The molecule has 0 spiro atoms. The number of carbonyl (C=O) groups excluding carboxylic acids is 1. The number of para-hydroxylation sites is 2. The fourth-order valence-corrected chi connectivity index (χ4v) is 5.32. The molecule has 6 rings (SSSR count). The van der Waals surface area contributed by atoms with Crippen LogP contribution in [0.3, 0.4) is 0 Å². The van der Waals surface area contributed by atoms with Gasteiger partial charge in [-0.3, -0.25) is 4.79 Å². The van der Waals surface area contributed by atoms with E-state index in [2.05, 4.69) is 57.3 Å². The van der Waals surface area contributed by atoms with E-state index in [-0.39, 0.29) is 17.3 Å². The molecule has 0 atom stereocenters. The highest BCUT2D eigenvalue weighted by Crippen LogP contribution is 2.26. The molecule has 8 N–H and O–H groups in total. The number of hydrogen-bond donors (Lipinski definition) is 5. The number of nitrogens with two attached hydrogens (primary N) is 3. The zero-order valence-corrected chi connectivity index (χ0v) is 30.1. The Kier molecular flexibility index (Phi) is 12.2. The van der Waals surface area contributed by atoms with Crippen LogP contribution in [0, 0.1) is 0 Å². The lowest BCUT2D eigenvalue weighted by atomic mass is 10.1. The van der Waals surface area contributed by atoms with E-state index in [9.17, 15) is 9.59 Å². The van der Waals surface area contributed by atoms with Crippen molar-refractivity contribution in [3.8, 4) is 0 Å². The topological polar surface area (TPSA) is 224 Å². The molecule has 4 heterocycles. The second kappa shape index (κ2) is 16.3. The highest BCUT2D eigenvalue weighted by atomic mass is 79.9. The minimum absolute atomic E-state index is 0.0244. The summed E-state index contributed by atoms with van der Waals surface area (Å²) in [5.41, 5.74) is 22.8. The van der Waals surface area contributed by atoms with Crippen molar-refractivity contribution in [3.63, 3.8) is 0 Å². The molecule has 0 aliphatic carbocycles. The van der Waals surface area contributed by atoms with Gasteiger partial charge in [0, 0.05) is 60.8 Å². The average molecular weight is 798 g/mol. The molecule has 1 amide bonds. The van der Waals surface area contributed by atoms with Crippen LogP contribution >= 0.6 is 31.9 Å². The zero-order valence-electron chi connectivity index (χ0n) is 26.9. The molecule has 0 aliphatic heterocycles. The fourth-order valence-electron chi connectivity index (χ4n) is 4.66. The van der Waals surface area contributed by atoms with Gasteiger partial charge < -0.3 is 37.1 Å². The predicted molar refractivity (Wildman–Crippen MR) is 195 cm³/mol. The number of nitrogens with zero attached hydrogens (tertiary/aromatic N) is 6. The first kappa shape index (κ1) is 36.7. The molecule has 0 aliphatic rings. The van der Waals surface area contributed by atoms with E-state index in [0.717, 1.165) is 20.1 Å². The van der Waals surface area contributed by atoms with Crippen molar-refractivity contribution in [2.45, 2.75) is 13.2 Å². The maximum absolute atomic E-state index is 12.7. The van der Waals surface area contributed by atoms with Crippen molar-refractivity contribution in [2.75, 3.05) is 36.7 Å². The molecular formula is C32H34Br2N10O5. The van der Waals surface area contributed by atoms with Crippen molar-refractivity contribution >= 4 is 88.6 Å². The summed E-state index contributed by atoms with van der Waals surface area (Å²) >= 11 is 6.60. The quantitative estimate of drug-likeness (QED) is 0.133. The molecule has 0 fully saturated rings. The molecule has 4 aromatic heterocycles. The Morgan fingerprint density at radius 1 is 0.796 bits per heavy atom. The number of hydrogen-bond acceptors (Lipinski definition) is 11. The largest absolute Gasteiger partial charge is 0.476 e. The van der Waals surface area contributed by atoms with E-state index >= 15 is 0 Å². The van der Waals surface area contributed by atoms with Crippen LogP contribution in [-0.2, 0) is 36.8 Å². The monoisotopic (exact) mass is 796 g/mol. The first-order valence-electron chi connectivity index (χ1n) is 14.3. The number of carboxylic acid groups (broad SMARTS) is 1. The number of anilines is 4. The molecule has 15 nitrogen and oxygen atoms in total. The van der Waals surface area contributed by atoms with Crippen molar-refractivity contribution in [2.24, 2.45) is 14.1 Å². The van der Waals surface area contributed by atoms with Crippen molar-refractivity contribution < 1.29 is 24.2 Å². The Labute approximate surface area is 297 Å². The number of carbonyl (C=O) groups is 2. The maximum atomic E-state index is 12.7. The number of ether oxygens (including phenoxy) is 2. The summed E-state index contributed by atoms with van der Waals surface area (Å²) in [6.07, 6.45) is 3.27. The van der Waals surface area contributed by atoms with Gasteiger partial charge in [0.2, 0.25) is 0 Å². The van der Waals surface area contributed by atoms with Crippen LogP contribution in [0.4, 0.5) is 22.7 Å². The lowest BCUT2D eigenvalue weighted by Crippen LogP contribution is -2.15. The molecule has 2 aromatic carbocycles. The average Bonchev–Trinajstić information content (AvgIpc) is 3.57. The third-order valence-corrected chi connectivity index (χ3v) is 7.85. The molecule has 6 aromatic rings. The van der Waals surface area contributed by atoms with Gasteiger partial charge in [-0.05, 0) is 56.1 Å². The summed E-state index contributed by atoms with van der Waals surface area (Å²) in [5, 5.41) is 21.0. The highest BCUT2D eigenvalue weighted by Gasteiger charge is 2.19. The van der Waals surface area contributed by atoms with E-state index < -0.39 is 5.97 Å². The SMILES string of the molecule is COCc1cccc(N)c1N.COCc1cccc(NC(=O)c2nn(C)c3ncc(Br)cc23)c1N.Cn1nc(C(=O)O)c2cc(Br)cnc21. The molecule has 0 radical (unpaired) electrons. The van der Waals surface area contributed by atoms with Crippen LogP contribution in [0.25, 0.3) is 22.1 Å². The number of aromatic carboxylic acids is 1. The second-order valence-corrected chi connectivity index (χ2v) is 12.2. The summed E-state index contributed by atoms with van der Waals surface area (Å²) in [5.74, 6) is -1.39. The van der Waals surface area contributed by atoms with Crippen LogP contribution in [0.2, 0.25) is 0 Å². The summed E-state index contributed by atoms with van der Waals surface area (Å²) < 4.78 is 14.6. The number of halogens is 2. The predicted octanol–water partition coefficient (Wildman–Crippen LogP) is 5.14. The highest BCUT2D eigenvalue weighted by molar-refractivity contribution is 9.10. The van der Waals surface area contributed by atoms with E-state index in [1.807, 2.05) is 30.3 Å². The third-order valence-electron chi connectivity index (χ3n) is 6.98. The number of aromatic nitrogens is 6. The number of nitrogen functional groups attached to an aromatic ring is 3. The Balaban J connectivity index is 0.000000183. The van der Waals surface area contributed by atoms with Crippen LogP contribution in [0.15, 0.2) is 69.9 Å². The van der Waals surface area contributed by atoms with Gasteiger partial charge in [-0.1, -0.05) is 24.3 Å². The number of carboxylic acids is 1. The Bertz CT molecular complexity index is 2130. The van der Waals surface area contributed by atoms with Crippen LogP contribution in [0.5, 0.6) is 0 Å². The summed E-state index contributed by atoms with van der Waals surface area (Å²) in [7, 11) is 6.63. The minimum atomic E-state index is -1.05. The van der Waals surface area contributed by atoms with Crippen molar-refractivity contribution in [3.05, 3.63) is 92.4 Å². The van der Waals surface area contributed by atoms with E-state index in [4.69, 9.17) is 31.8 Å². The third kappa shape index (κ3) is 8.69. The Morgan fingerprint density at radius 2 is 1.29 bits per heavy atom. The van der Waals surface area contributed by atoms with Gasteiger partial charge in [-0.25, -0.2) is 24.1 Å². The standard InChI is InChI=1S/C16H16BrN5O2.C8H6BrN3O2.C8H12N2O/c1-22-15-11(6-10(17)7-19-15)14(21-22)16(23)20-12-5-3-4-9(8-24-2)13(12)18;1-12-7-5(2-4(9)3-10-7)6(11-12)8(13)14;1-11-5-6-3-2-4-7(9)8(6)10/h3-7H,8,18H2,1-2H3,(H,20,23);2-3H,1H3,(H,13,14);2-4H,5,9-10H2,1H3. The number of nitrogens with one attached hydrogen (secondary N) is 1. The lowest BCUT2D eigenvalue weighted by Gasteiger charge is -2.11. The van der Waals surface area contributed by atoms with Crippen molar-refractivity contribution in [1.82, 2.24) is 29.5 Å². The number of aryl methyl sites for hydroxylation is 2. The molecule has 0 unspecified atom stereocenters. The number of methoxy groups -OCH3 is 2. The summed E-state index contributed by atoms with van der Waals surface area (Å²) in [6.45, 7) is 0.885. The summed E-state index contributed by atoms with van der Waals surface area (Å²) in [6, 6.07) is 14.4. The zero-order chi connectivity index (χ0) is 35.8. The summed E-state index contributed by atoms with van der Waals surface area (Å²) in [4.78, 5) is 31.8. The smallest absolute Gasteiger partial charge is 0.357 e.